The van der Waals surface area contributed by atoms with Crippen LogP contribution in [0.2, 0.25) is 0 Å². The van der Waals surface area contributed by atoms with E-state index < -0.39 is 17.6 Å². The lowest BCUT2D eigenvalue weighted by atomic mass is 10.3. The highest BCUT2D eigenvalue weighted by Crippen LogP contribution is 2.33. The molecule has 1 aromatic heterocycles. The minimum atomic E-state index is -4.66. The largest absolute Gasteiger partial charge is 0.437 e. The van der Waals surface area contributed by atoms with E-state index in [-0.39, 0.29) is 12.2 Å². The smallest absolute Gasteiger partial charge is 0.433 e. The number of oxazole rings is 1. The zero-order valence-electron chi connectivity index (χ0n) is 8.12. The van der Waals surface area contributed by atoms with Gasteiger partial charge in [0.15, 0.2) is 17.7 Å². The van der Waals surface area contributed by atoms with E-state index in [4.69, 9.17) is 0 Å². The summed E-state index contributed by atoms with van der Waals surface area (Å²) in [5.74, 6) is -0.551. The number of carbonyl (C=O) groups excluding carboxylic acids is 1. The third-order valence-electron chi connectivity index (χ3n) is 2.18. The van der Waals surface area contributed by atoms with Crippen molar-refractivity contribution in [2.24, 2.45) is 5.92 Å². The average molecular weight is 231 g/mol. The molecule has 1 aromatic rings. The summed E-state index contributed by atoms with van der Waals surface area (Å²) in [7, 11) is 0. The van der Waals surface area contributed by atoms with E-state index in [9.17, 15) is 18.0 Å². The first-order valence-corrected chi connectivity index (χ1v) is 4.72. The Balaban J connectivity index is 2.27. The molecule has 1 saturated carbocycles. The van der Waals surface area contributed by atoms with Gasteiger partial charge in [0, 0.05) is 0 Å². The van der Waals surface area contributed by atoms with Crippen LogP contribution in [0.4, 0.5) is 13.2 Å². The Morgan fingerprint density at radius 3 is 2.50 bits per heavy atom. The van der Waals surface area contributed by atoms with Crippen LogP contribution in [0, 0.1) is 5.92 Å². The molecule has 2 rings (SSSR count). The summed E-state index contributed by atoms with van der Waals surface area (Å²) in [5.41, 5.74) is -1.27. The molecule has 0 N–H and O–H groups in total. The highest BCUT2D eigenvalue weighted by Gasteiger charge is 2.38. The van der Waals surface area contributed by atoms with Crippen molar-refractivity contribution >= 4 is 12.4 Å². The molecule has 0 aromatic carbocycles. The van der Waals surface area contributed by atoms with Crippen molar-refractivity contribution in [3.63, 3.8) is 0 Å². The minimum absolute atomic E-state index is 0.0181. The maximum Gasteiger partial charge on any atom is 0.437 e. The van der Waals surface area contributed by atoms with Crippen LogP contribution in [0.25, 0.3) is 6.08 Å². The maximum absolute atomic E-state index is 12.4. The fraction of sp³-hybridized carbons (Fsp3) is 0.400. The molecule has 0 saturated heterocycles. The van der Waals surface area contributed by atoms with Gasteiger partial charge in [-0.3, -0.25) is 4.79 Å². The molecule has 0 bridgehead atoms. The van der Waals surface area contributed by atoms with Crippen molar-refractivity contribution in [3.8, 4) is 0 Å². The van der Waals surface area contributed by atoms with E-state index in [1.165, 1.54) is 6.08 Å². The summed E-state index contributed by atoms with van der Waals surface area (Å²) >= 11 is 0. The van der Waals surface area contributed by atoms with E-state index in [0.717, 1.165) is 12.8 Å². The highest BCUT2D eigenvalue weighted by atomic mass is 19.4. The van der Waals surface area contributed by atoms with Gasteiger partial charge in [0.2, 0.25) is 5.89 Å². The van der Waals surface area contributed by atoms with Crippen molar-refractivity contribution in [2.45, 2.75) is 19.0 Å². The van der Waals surface area contributed by atoms with E-state index >= 15 is 0 Å². The van der Waals surface area contributed by atoms with Crippen LogP contribution in [0.5, 0.6) is 0 Å². The van der Waals surface area contributed by atoms with Gasteiger partial charge in [-0.2, -0.15) is 13.2 Å². The van der Waals surface area contributed by atoms with Crippen molar-refractivity contribution in [1.82, 2.24) is 4.98 Å². The van der Waals surface area contributed by atoms with Crippen LogP contribution in [0.3, 0.4) is 0 Å². The molecule has 0 spiro atoms. The second-order valence-corrected chi connectivity index (χ2v) is 3.58. The fourth-order valence-corrected chi connectivity index (χ4v) is 1.21. The first-order valence-electron chi connectivity index (χ1n) is 4.72. The molecule has 0 atom stereocenters. The molecule has 3 nitrogen and oxygen atoms in total. The Morgan fingerprint density at radius 1 is 1.38 bits per heavy atom. The van der Waals surface area contributed by atoms with Gasteiger partial charge in [-0.25, -0.2) is 4.98 Å². The average Bonchev–Trinajstić information content (AvgIpc) is 2.92. The van der Waals surface area contributed by atoms with Crippen molar-refractivity contribution in [2.75, 3.05) is 0 Å². The van der Waals surface area contributed by atoms with E-state index in [0.29, 0.717) is 5.92 Å². The molecule has 1 aliphatic rings. The second kappa shape index (κ2) is 3.77. The maximum atomic E-state index is 12.4. The number of aldehydes is 1. The Morgan fingerprint density at radius 2 is 2.06 bits per heavy atom. The Hall–Kier alpha value is -1.59. The number of hydrogen-bond acceptors (Lipinski definition) is 3. The van der Waals surface area contributed by atoms with Crippen LogP contribution in [0.1, 0.15) is 35.0 Å². The van der Waals surface area contributed by atoms with Gasteiger partial charge in [-0.1, -0.05) is 6.08 Å². The second-order valence-electron chi connectivity index (χ2n) is 3.58. The van der Waals surface area contributed by atoms with Gasteiger partial charge in [0.1, 0.15) is 0 Å². The predicted molar refractivity (Wildman–Crippen MR) is 48.7 cm³/mol. The SMILES string of the molecule is O=Cc1oc(C=CC2CC2)nc1C(F)(F)F. The molecule has 6 heteroatoms. The van der Waals surface area contributed by atoms with Gasteiger partial charge in [0.05, 0.1) is 0 Å². The molecular formula is C10H8F3NO2. The molecule has 1 fully saturated rings. The lowest BCUT2D eigenvalue weighted by molar-refractivity contribution is -0.141. The highest BCUT2D eigenvalue weighted by molar-refractivity contribution is 5.73. The Kier molecular flexibility index (Phi) is 2.57. The Labute approximate surface area is 89.0 Å². The van der Waals surface area contributed by atoms with Gasteiger partial charge >= 0.3 is 6.18 Å². The molecule has 86 valence electrons. The number of carbonyl (C=O) groups is 1. The summed E-state index contributed by atoms with van der Waals surface area (Å²) < 4.78 is 41.7. The third-order valence-corrected chi connectivity index (χ3v) is 2.18. The fourth-order valence-electron chi connectivity index (χ4n) is 1.21. The quantitative estimate of drug-likeness (QED) is 0.751. The van der Waals surface area contributed by atoms with Crippen LogP contribution in [-0.2, 0) is 6.18 Å². The van der Waals surface area contributed by atoms with Gasteiger partial charge in [0.25, 0.3) is 0 Å². The van der Waals surface area contributed by atoms with Crippen LogP contribution < -0.4 is 0 Å². The standard InChI is InChI=1S/C10H8F3NO2/c11-10(12,13)9-7(5-15)16-8(14-9)4-3-6-1-2-6/h3-6H,1-2H2. The summed E-state index contributed by atoms with van der Waals surface area (Å²) in [6.07, 6.45) is 0.532. The molecule has 1 aliphatic carbocycles. The minimum Gasteiger partial charge on any atom is -0.433 e. The van der Waals surface area contributed by atoms with E-state index in [1.807, 2.05) is 0 Å². The number of hydrogen-bond donors (Lipinski definition) is 0. The molecule has 0 unspecified atom stereocenters. The first-order chi connectivity index (χ1) is 7.50. The van der Waals surface area contributed by atoms with E-state index in [2.05, 4.69) is 9.40 Å². The number of rotatable bonds is 3. The number of nitrogens with zero attached hydrogens (tertiary/aromatic N) is 1. The molecule has 0 radical (unpaired) electrons. The first kappa shape index (κ1) is 10.9. The van der Waals surface area contributed by atoms with E-state index in [1.54, 1.807) is 6.08 Å². The zero-order chi connectivity index (χ0) is 11.8. The van der Waals surface area contributed by atoms with Crippen molar-refractivity contribution in [3.05, 3.63) is 23.4 Å². The van der Waals surface area contributed by atoms with Gasteiger partial charge < -0.3 is 4.42 Å². The number of aromatic nitrogens is 1. The van der Waals surface area contributed by atoms with Crippen LogP contribution >= 0.6 is 0 Å². The molecule has 1 heterocycles. The molecular weight excluding hydrogens is 223 g/mol. The predicted octanol–water partition coefficient (Wildman–Crippen LogP) is 2.93. The lowest BCUT2D eigenvalue weighted by Gasteiger charge is -1.99. The van der Waals surface area contributed by atoms with Crippen LogP contribution in [-0.4, -0.2) is 11.3 Å². The molecule has 0 aliphatic heterocycles. The van der Waals surface area contributed by atoms with Gasteiger partial charge in [-0.15, -0.1) is 0 Å². The number of alkyl halides is 3. The third kappa shape index (κ3) is 2.32. The van der Waals surface area contributed by atoms with Crippen molar-refractivity contribution < 1.29 is 22.4 Å². The normalized spacial score (nSPS) is 16.9. The Bertz CT molecular complexity index is 430. The number of halogens is 3. The summed E-state index contributed by atoms with van der Waals surface area (Å²) in [5, 5.41) is 0. The van der Waals surface area contributed by atoms with Crippen LogP contribution in [0.15, 0.2) is 10.5 Å². The lowest BCUT2D eigenvalue weighted by Crippen LogP contribution is -2.08. The molecule has 16 heavy (non-hydrogen) atoms. The van der Waals surface area contributed by atoms with Crippen molar-refractivity contribution in [1.29, 1.82) is 0 Å². The molecule has 0 amide bonds. The summed E-state index contributed by atoms with van der Waals surface area (Å²) in [4.78, 5) is 13.6. The zero-order valence-corrected chi connectivity index (χ0v) is 8.12. The monoisotopic (exact) mass is 231 g/mol. The van der Waals surface area contributed by atoms with Gasteiger partial charge in [-0.05, 0) is 24.8 Å². The summed E-state index contributed by atoms with van der Waals surface area (Å²) in [6.45, 7) is 0. The topological polar surface area (TPSA) is 43.1 Å². The summed E-state index contributed by atoms with van der Waals surface area (Å²) in [6, 6.07) is 0. The number of allylic oxidation sites excluding steroid dienone is 1.